The van der Waals surface area contributed by atoms with Crippen LogP contribution in [-0.2, 0) is 6.42 Å². The number of nitro groups is 1. The molecule has 0 saturated carbocycles. The lowest BCUT2D eigenvalue weighted by Crippen LogP contribution is -2.60. The maximum atomic E-state index is 10.5. The molecule has 6 heteroatoms. The molecule has 1 aliphatic heterocycles. The summed E-state index contributed by atoms with van der Waals surface area (Å²) >= 11 is 3.29. The highest BCUT2D eigenvalue weighted by molar-refractivity contribution is 9.10. The lowest BCUT2D eigenvalue weighted by molar-refractivity contribution is -0.384. The monoisotopic (exact) mass is 286 g/mol. The number of aliphatic hydroxyl groups is 1. The summed E-state index contributed by atoms with van der Waals surface area (Å²) in [5.74, 6) is 0. The van der Waals surface area contributed by atoms with Gasteiger partial charge in [0.05, 0.1) is 10.5 Å². The van der Waals surface area contributed by atoms with Crippen molar-refractivity contribution in [3.63, 3.8) is 0 Å². The number of hydrogen-bond donors (Lipinski definition) is 2. The van der Waals surface area contributed by atoms with Crippen molar-refractivity contribution in [1.29, 1.82) is 0 Å². The fourth-order valence-corrected chi connectivity index (χ4v) is 2.19. The summed E-state index contributed by atoms with van der Waals surface area (Å²) in [4.78, 5) is 10.1. The second-order valence-electron chi connectivity index (χ2n) is 4.04. The lowest BCUT2D eigenvalue weighted by Gasteiger charge is -2.37. The molecule has 1 fully saturated rings. The van der Waals surface area contributed by atoms with Gasteiger partial charge in [0.25, 0.3) is 5.69 Å². The first-order chi connectivity index (χ1) is 7.50. The Morgan fingerprint density at radius 2 is 2.25 bits per heavy atom. The molecular formula is C10H11BrN2O3. The van der Waals surface area contributed by atoms with Crippen LogP contribution in [-0.4, -0.2) is 28.7 Å². The molecule has 1 heterocycles. The van der Waals surface area contributed by atoms with Crippen molar-refractivity contribution in [3.8, 4) is 0 Å². The predicted molar refractivity (Wildman–Crippen MR) is 62.3 cm³/mol. The largest absolute Gasteiger partial charge is 0.387 e. The third kappa shape index (κ3) is 2.23. The van der Waals surface area contributed by atoms with E-state index in [0.29, 0.717) is 24.0 Å². The fraction of sp³-hybridized carbons (Fsp3) is 0.400. The molecular weight excluding hydrogens is 276 g/mol. The van der Waals surface area contributed by atoms with Crippen molar-refractivity contribution in [2.45, 2.75) is 12.0 Å². The first-order valence-corrected chi connectivity index (χ1v) is 5.65. The van der Waals surface area contributed by atoms with Gasteiger partial charge in [-0.3, -0.25) is 10.1 Å². The quantitative estimate of drug-likeness (QED) is 0.647. The molecule has 86 valence electrons. The molecule has 1 aromatic carbocycles. The Labute approximate surface area is 101 Å². The van der Waals surface area contributed by atoms with Crippen LogP contribution in [0.15, 0.2) is 22.7 Å². The summed E-state index contributed by atoms with van der Waals surface area (Å²) in [6.45, 7) is 1.13. The van der Waals surface area contributed by atoms with Crippen molar-refractivity contribution in [1.82, 2.24) is 5.32 Å². The van der Waals surface area contributed by atoms with Gasteiger partial charge in [-0.25, -0.2) is 0 Å². The van der Waals surface area contributed by atoms with E-state index in [1.165, 1.54) is 12.1 Å². The molecule has 0 amide bonds. The second kappa shape index (κ2) is 4.12. The van der Waals surface area contributed by atoms with E-state index in [1.54, 1.807) is 6.07 Å². The van der Waals surface area contributed by atoms with E-state index in [1.807, 2.05) is 0 Å². The number of nitrogens with zero attached hydrogens (tertiary/aromatic N) is 1. The topological polar surface area (TPSA) is 75.4 Å². The number of rotatable bonds is 3. The van der Waals surface area contributed by atoms with E-state index in [0.717, 1.165) is 5.56 Å². The minimum atomic E-state index is -0.710. The van der Waals surface area contributed by atoms with Crippen molar-refractivity contribution in [2.75, 3.05) is 13.1 Å². The summed E-state index contributed by atoms with van der Waals surface area (Å²) < 4.78 is 0.669. The van der Waals surface area contributed by atoms with Gasteiger partial charge in [0, 0.05) is 36.1 Å². The Morgan fingerprint density at radius 1 is 1.56 bits per heavy atom. The van der Waals surface area contributed by atoms with E-state index < -0.39 is 10.5 Å². The molecule has 2 rings (SSSR count). The van der Waals surface area contributed by atoms with E-state index >= 15 is 0 Å². The smallest absolute Gasteiger partial charge is 0.270 e. The molecule has 0 bridgehead atoms. The van der Waals surface area contributed by atoms with Crippen LogP contribution in [0.5, 0.6) is 0 Å². The number of halogens is 1. The van der Waals surface area contributed by atoms with Crippen LogP contribution in [0.1, 0.15) is 5.56 Å². The normalized spacial score (nSPS) is 17.9. The molecule has 0 aromatic heterocycles. The molecule has 1 saturated heterocycles. The first-order valence-electron chi connectivity index (χ1n) is 4.86. The van der Waals surface area contributed by atoms with Crippen molar-refractivity contribution in [2.24, 2.45) is 0 Å². The third-order valence-corrected chi connectivity index (χ3v) is 3.41. The molecule has 0 atom stereocenters. The molecule has 0 aliphatic carbocycles. The van der Waals surface area contributed by atoms with Crippen LogP contribution in [0.3, 0.4) is 0 Å². The van der Waals surface area contributed by atoms with Gasteiger partial charge >= 0.3 is 0 Å². The molecule has 0 radical (unpaired) electrons. The summed E-state index contributed by atoms with van der Waals surface area (Å²) in [6.07, 6.45) is 0.499. The van der Waals surface area contributed by atoms with Crippen molar-refractivity contribution in [3.05, 3.63) is 38.3 Å². The van der Waals surface area contributed by atoms with Gasteiger partial charge in [0.1, 0.15) is 0 Å². The Kier molecular flexibility index (Phi) is 2.96. The SMILES string of the molecule is O=[N+]([O-])c1ccc(CC2(O)CNC2)c(Br)c1. The van der Waals surface area contributed by atoms with Crippen LogP contribution in [0.4, 0.5) is 5.69 Å². The maximum Gasteiger partial charge on any atom is 0.270 e. The zero-order valence-electron chi connectivity index (χ0n) is 8.44. The van der Waals surface area contributed by atoms with Gasteiger partial charge in [-0.2, -0.15) is 0 Å². The maximum absolute atomic E-state index is 10.5. The van der Waals surface area contributed by atoms with E-state index in [2.05, 4.69) is 21.2 Å². The van der Waals surface area contributed by atoms with E-state index in [-0.39, 0.29) is 5.69 Å². The van der Waals surface area contributed by atoms with E-state index in [9.17, 15) is 15.2 Å². The standard InChI is InChI=1S/C10H11BrN2O3/c11-9-3-8(13(15)16)2-1-7(9)4-10(14)5-12-6-10/h1-3,12,14H,4-6H2. The summed E-state index contributed by atoms with van der Waals surface area (Å²) in [6, 6.07) is 4.60. The van der Waals surface area contributed by atoms with Gasteiger partial charge in [-0.15, -0.1) is 0 Å². The van der Waals surface area contributed by atoms with Gasteiger partial charge in [-0.1, -0.05) is 22.0 Å². The molecule has 1 aliphatic rings. The number of non-ortho nitro benzene ring substituents is 1. The van der Waals surface area contributed by atoms with Gasteiger partial charge < -0.3 is 10.4 Å². The average molecular weight is 287 g/mol. The number of nitro benzene ring substituents is 1. The molecule has 0 spiro atoms. The van der Waals surface area contributed by atoms with Gasteiger partial charge in [0.2, 0.25) is 0 Å². The van der Waals surface area contributed by atoms with Crippen LogP contribution in [0.25, 0.3) is 0 Å². The highest BCUT2D eigenvalue weighted by Gasteiger charge is 2.34. The van der Waals surface area contributed by atoms with Crippen molar-refractivity contribution >= 4 is 21.6 Å². The number of hydrogen-bond acceptors (Lipinski definition) is 4. The molecule has 2 N–H and O–H groups in total. The summed E-state index contributed by atoms with van der Waals surface area (Å²) in [5, 5.41) is 23.5. The second-order valence-corrected chi connectivity index (χ2v) is 4.89. The first kappa shape index (κ1) is 11.5. The highest BCUT2D eigenvalue weighted by Crippen LogP contribution is 2.27. The fourth-order valence-electron chi connectivity index (χ4n) is 1.69. The molecule has 0 unspecified atom stereocenters. The summed E-state index contributed by atoms with van der Waals surface area (Å²) in [5.41, 5.74) is 0.225. The number of nitrogens with one attached hydrogen (secondary N) is 1. The third-order valence-electron chi connectivity index (χ3n) is 2.68. The van der Waals surface area contributed by atoms with Gasteiger partial charge in [-0.05, 0) is 5.56 Å². The highest BCUT2D eigenvalue weighted by atomic mass is 79.9. The average Bonchev–Trinajstić information content (AvgIpc) is 2.18. The Bertz CT molecular complexity index is 432. The minimum Gasteiger partial charge on any atom is -0.387 e. The summed E-state index contributed by atoms with van der Waals surface area (Å²) in [7, 11) is 0. The van der Waals surface area contributed by atoms with Crippen LogP contribution < -0.4 is 5.32 Å². The van der Waals surface area contributed by atoms with E-state index in [4.69, 9.17) is 0 Å². The Morgan fingerprint density at radius 3 is 2.69 bits per heavy atom. The minimum absolute atomic E-state index is 0.0503. The van der Waals surface area contributed by atoms with Crippen molar-refractivity contribution < 1.29 is 10.0 Å². The lowest BCUT2D eigenvalue weighted by atomic mass is 9.89. The van der Waals surface area contributed by atoms with Gasteiger partial charge in [0.15, 0.2) is 0 Å². The predicted octanol–water partition coefficient (Wildman–Crippen LogP) is 1.23. The zero-order chi connectivity index (χ0) is 11.8. The molecule has 5 nitrogen and oxygen atoms in total. The number of β-amino-alcohol motifs (C(OH)–C–C–N with tert-alkyl or cyclic N) is 1. The zero-order valence-corrected chi connectivity index (χ0v) is 10.0. The molecule has 16 heavy (non-hydrogen) atoms. The Balaban J connectivity index is 2.19. The van der Waals surface area contributed by atoms with Crippen LogP contribution in [0, 0.1) is 10.1 Å². The molecule has 1 aromatic rings. The number of benzene rings is 1. The Hall–Kier alpha value is -0.980. The van der Waals surface area contributed by atoms with Crippen LogP contribution >= 0.6 is 15.9 Å². The van der Waals surface area contributed by atoms with Crippen LogP contribution in [0.2, 0.25) is 0 Å².